The van der Waals surface area contributed by atoms with Gasteiger partial charge in [0.05, 0.1) is 11.7 Å². The molecule has 0 saturated carbocycles. The molecule has 1 aromatic carbocycles. The van der Waals surface area contributed by atoms with Crippen LogP contribution in [0.4, 0.5) is 0 Å². The summed E-state index contributed by atoms with van der Waals surface area (Å²) >= 11 is 0. The molecule has 88 valence electrons. The zero-order valence-corrected chi connectivity index (χ0v) is 9.54. The number of fused-ring (bicyclic) bond motifs is 1. The van der Waals surface area contributed by atoms with Crippen molar-refractivity contribution < 1.29 is 9.90 Å². The van der Waals surface area contributed by atoms with Crippen LogP contribution in [0.25, 0.3) is 10.9 Å². The number of aromatic nitrogens is 2. The number of hydrogen-bond acceptors (Lipinski definition) is 3. The second kappa shape index (κ2) is 3.69. The summed E-state index contributed by atoms with van der Waals surface area (Å²) in [5.41, 5.74) is -0.890. The lowest BCUT2D eigenvalue weighted by molar-refractivity contribution is -0.146. The van der Waals surface area contributed by atoms with Crippen molar-refractivity contribution in [1.82, 2.24) is 9.78 Å². The third kappa shape index (κ3) is 1.69. The van der Waals surface area contributed by atoms with E-state index < -0.39 is 11.5 Å². The van der Waals surface area contributed by atoms with Gasteiger partial charge >= 0.3 is 5.97 Å². The molecule has 0 fully saturated rings. The van der Waals surface area contributed by atoms with Crippen molar-refractivity contribution >= 4 is 16.9 Å². The van der Waals surface area contributed by atoms with E-state index in [0.717, 1.165) is 6.20 Å². The summed E-state index contributed by atoms with van der Waals surface area (Å²) in [5, 5.41) is 13.6. The van der Waals surface area contributed by atoms with Crippen LogP contribution in [-0.2, 0) is 10.3 Å². The van der Waals surface area contributed by atoms with Crippen molar-refractivity contribution in [2.45, 2.75) is 19.4 Å². The molecule has 0 radical (unpaired) electrons. The van der Waals surface area contributed by atoms with Crippen LogP contribution in [0.15, 0.2) is 35.3 Å². The molecule has 0 atom stereocenters. The molecule has 1 N–H and O–H groups in total. The average molecular weight is 232 g/mol. The lowest BCUT2D eigenvalue weighted by Gasteiger charge is -2.23. The predicted molar refractivity (Wildman–Crippen MR) is 63.0 cm³/mol. The first kappa shape index (κ1) is 11.3. The number of rotatable bonds is 2. The van der Waals surface area contributed by atoms with E-state index in [2.05, 4.69) is 5.10 Å². The number of nitrogens with zero attached hydrogens (tertiary/aromatic N) is 2. The first-order chi connectivity index (χ1) is 7.94. The van der Waals surface area contributed by atoms with Crippen molar-refractivity contribution in [3.8, 4) is 0 Å². The Morgan fingerprint density at radius 1 is 1.35 bits per heavy atom. The quantitative estimate of drug-likeness (QED) is 0.844. The summed E-state index contributed by atoms with van der Waals surface area (Å²) in [6.07, 6.45) is 1.15. The van der Waals surface area contributed by atoms with Crippen molar-refractivity contribution in [1.29, 1.82) is 0 Å². The molecule has 0 aliphatic carbocycles. The predicted octanol–water partition coefficient (Wildman–Crippen LogP) is 1.22. The van der Waals surface area contributed by atoms with Gasteiger partial charge in [0.1, 0.15) is 0 Å². The molecule has 0 aliphatic heterocycles. The van der Waals surface area contributed by atoms with Gasteiger partial charge in [-0.05, 0) is 26.0 Å². The maximum atomic E-state index is 11.6. The molecule has 0 amide bonds. The third-order valence-electron chi connectivity index (χ3n) is 2.74. The maximum Gasteiger partial charge on any atom is 0.331 e. The fourth-order valence-corrected chi connectivity index (χ4v) is 1.64. The molecule has 1 aromatic heterocycles. The molecular formula is C12H12N2O3. The normalized spacial score (nSPS) is 11.6. The molecule has 1 heterocycles. The molecule has 0 spiro atoms. The van der Waals surface area contributed by atoms with Crippen molar-refractivity contribution in [2.75, 3.05) is 0 Å². The van der Waals surface area contributed by atoms with Crippen LogP contribution >= 0.6 is 0 Å². The van der Waals surface area contributed by atoms with E-state index in [-0.39, 0.29) is 5.43 Å². The Hall–Kier alpha value is -2.17. The zero-order chi connectivity index (χ0) is 12.6. The first-order valence-corrected chi connectivity index (χ1v) is 5.15. The third-order valence-corrected chi connectivity index (χ3v) is 2.74. The molecule has 0 unspecified atom stereocenters. The van der Waals surface area contributed by atoms with Crippen LogP contribution in [0.3, 0.4) is 0 Å². The summed E-state index contributed by atoms with van der Waals surface area (Å²) in [5.74, 6) is -1.00. The van der Waals surface area contributed by atoms with Crippen LogP contribution in [-0.4, -0.2) is 20.9 Å². The number of carboxylic acid groups (broad SMARTS) is 1. The van der Waals surface area contributed by atoms with Gasteiger partial charge in [0.15, 0.2) is 5.54 Å². The van der Waals surface area contributed by atoms with Crippen LogP contribution in [0.2, 0.25) is 0 Å². The first-order valence-electron chi connectivity index (χ1n) is 5.15. The number of carbonyl (C=O) groups is 1. The monoisotopic (exact) mass is 232 g/mol. The SMILES string of the molecule is CC(C)(C(=O)O)n1ncc(=O)c2ccccc21. The zero-order valence-electron chi connectivity index (χ0n) is 9.54. The molecule has 2 aromatic rings. The lowest BCUT2D eigenvalue weighted by atomic mass is 10.1. The smallest absolute Gasteiger partial charge is 0.331 e. The van der Waals surface area contributed by atoms with Gasteiger partial charge in [0, 0.05) is 5.39 Å². The standard InChI is InChI=1S/C12H12N2O3/c1-12(2,11(16)17)14-9-6-4-3-5-8(9)10(15)7-13-14/h3-7H,1-2H3,(H,16,17). The van der Waals surface area contributed by atoms with E-state index in [1.54, 1.807) is 38.1 Å². The Bertz CT molecular complexity index is 643. The van der Waals surface area contributed by atoms with Crippen LogP contribution in [0.5, 0.6) is 0 Å². The number of benzene rings is 1. The Kier molecular flexibility index (Phi) is 2.46. The van der Waals surface area contributed by atoms with E-state index in [0.29, 0.717) is 10.9 Å². The summed E-state index contributed by atoms with van der Waals surface area (Å²) in [7, 11) is 0. The van der Waals surface area contributed by atoms with E-state index in [9.17, 15) is 14.7 Å². The fourth-order valence-electron chi connectivity index (χ4n) is 1.64. The van der Waals surface area contributed by atoms with E-state index in [4.69, 9.17) is 0 Å². The van der Waals surface area contributed by atoms with Crippen molar-refractivity contribution in [3.05, 3.63) is 40.7 Å². The van der Waals surface area contributed by atoms with E-state index in [1.165, 1.54) is 4.68 Å². The van der Waals surface area contributed by atoms with Gasteiger partial charge < -0.3 is 5.11 Å². The molecule has 0 saturated heterocycles. The number of carboxylic acids is 1. The van der Waals surface area contributed by atoms with Crippen LogP contribution < -0.4 is 5.43 Å². The second-order valence-corrected chi connectivity index (χ2v) is 4.30. The molecule has 5 nitrogen and oxygen atoms in total. The minimum atomic E-state index is -1.20. The van der Waals surface area contributed by atoms with Crippen molar-refractivity contribution in [3.63, 3.8) is 0 Å². The lowest BCUT2D eigenvalue weighted by Crippen LogP contribution is -2.38. The Morgan fingerprint density at radius 3 is 2.65 bits per heavy atom. The minimum absolute atomic E-state index is 0.210. The summed E-state index contributed by atoms with van der Waals surface area (Å²) < 4.78 is 1.35. The average Bonchev–Trinajstić information content (AvgIpc) is 2.29. The molecule has 0 bridgehead atoms. The van der Waals surface area contributed by atoms with E-state index >= 15 is 0 Å². The summed E-state index contributed by atoms with van der Waals surface area (Å²) in [6.45, 7) is 3.08. The summed E-state index contributed by atoms with van der Waals surface area (Å²) in [6, 6.07) is 6.84. The largest absolute Gasteiger partial charge is 0.479 e. The second-order valence-electron chi connectivity index (χ2n) is 4.30. The number of hydrogen-bond donors (Lipinski definition) is 1. The molecule has 17 heavy (non-hydrogen) atoms. The van der Waals surface area contributed by atoms with Gasteiger partial charge in [-0.2, -0.15) is 5.10 Å². The highest BCUT2D eigenvalue weighted by Crippen LogP contribution is 2.19. The molecular weight excluding hydrogens is 220 g/mol. The van der Waals surface area contributed by atoms with Gasteiger partial charge in [0.25, 0.3) is 0 Å². The topological polar surface area (TPSA) is 72.2 Å². The van der Waals surface area contributed by atoms with Crippen LogP contribution in [0.1, 0.15) is 13.8 Å². The Morgan fingerprint density at radius 2 is 2.00 bits per heavy atom. The Labute approximate surface area is 97.3 Å². The van der Waals surface area contributed by atoms with Gasteiger partial charge in [0.2, 0.25) is 5.43 Å². The molecule has 2 rings (SSSR count). The Balaban J connectivity index is 2.85. The van der Waals surface area contributed by atoms with E-state index in [1.807, 2.05) is 0 Å². The van der Waals surface area contributed by atoms with Gasteiger partial charge in [-0.3, -0.25) is 4.79 Å². The number of para-hydroxylation sites is 1. The van der Waals surface area contributed by atoms with Crippen LogP contribution in [0, 0.1) is 0 Å². The van der Waals surface area contributed by atoms with Gasteiger partial charge in [-0.25, -0.2) is 9.48 Å². The molecule has 0 aliphatic rings. The minimum Gasteiger partial charge on any atom is -0.479 e. The maximum absolute atomic E-state index is 11.6. The highest BCUT2D eigenvalue weighted by molar-refractivity contribution is 5.82. The van der Waals surface area contributed by atoms with Gasteiger partial charge in [-0.1, -0.05) is 12.1 Å². The molecule has 5 heteroatoms. The highest BCUT2D eigenvalue weighted by atomic mass is 16.4. The highest BCUT2D eigenvalue weighted by Gasteiger charge is 2.31. The van der Waals surface area contributed by atoms with Crippen molar-refractivity contribution in [2.24, 2.45) is 0 Å². The van der Waals surface area contributed by atoms with Gasteiger partial charge in [-0.15, -0.1) is 0 Å². The number of aliphatic carboxylic acids is 1. The summed E-state index contributed by atoms with van der Waals surface area (Å²) in [4.78, 5) is 22.8. The fraction of sp³-hybridized carbons (Fsp3) is 0.250.